The summed E-state index contributed by atoms with van der Waals surface area (Å²) < 4.78 is 39.4. The molecule has 0 saturated carbocycles. The third kappa shape index (κ3) is 3.57. The number of rotatable bonds is 6. The van der Waals surface area contributed by atoms with Crippen molar-refractivity contribution in [3.63, 3.8) is 0 Å². The zero-order chi connectivity index (χ0) is 21.3. The Morgan fingerprint density at radius 2 is 1.77 bits per heavy atom. The van der Waals surface area contributed by atoms with Gasteiger partial charge in [-0.3, -0.25) is 9.52 Å². The number of carbonyl (C=O) groups is 1. The van der Waals surface area contributed by atoms with Crippen LogP contribution in [0.15, 0.2) is 70.0 Å². The molecule has 0 aliphatic carbocycles. The van der Waals surface area contributed by atoms with Gasteiger partial charge in [0.1, 0.15) is 16.9 Å². The molecule has 1 amide bonds. The maximum atomic E-state index is 12.9. The number of benzene rings is 3. The Hall–Kier alpha value is -3.52. The SMILES string of the molecule is CCNC(=O)c1cc(S(=O)(=O)Nc2ccc3c(c2)oc2ccccc23)ccc1OC. The zero-order valence-electron chi connectivity index (χ0n) is 16.4. The van der Waals surface area contributed by atoms with Crippen molar-refractivity contribution in [1.29, 1.82) is 0 Å². The number of anilines is 1. The van der Waals surface area contributed by atoms with Gasteiger partial charge in [0.05, 0.1) is 23.3 Å². The summed E-state index contributed by atoms with van der Waals surface area (Å²) in [4.78, 5) is 12.2. The van der Waals surface area contributed by atoms with Crippen molar-refractivity contribution in [3.05, 3.63) is 66.2 Å². The van der Waals surface area contributed by atoms with Crippen LogP contribution in [0.1, 0.15) is 17.3 Å². The van der Waals surface area contributed by atoms with Gasteiger partial charge in [0.2, 0.25) is 0 Å². The first kappa shape index (κ1) is 19.8. The van der Waals surface area contributed by atoms with Crippen molar-refractivity contribution in [2.45, 2.75) is 11.8 Å². The Morgan fingerprint density at radius 3 is 2.53 bits per heavy atom. The Bertz CT molecular complexity index is 1360. The van der Waals surface area contributed by atoms with Crippen molar-refractivity contribution >= 4 is 43.6 Å². The van der Waals surface area contributed by atoms with Crippen LogP contribution in [0.5, 0.6) is 5.75 Å². The van der Waals surface area contributed by atoms with Gasteiger partial charge >= 0.3 is 0 Å². The van der Waals surface area contributed by atoms with Crippen LogP contribution in [0.4, 0.5) is 5.69 Å². The molecule has 2 N–H and O–H groups in total. The third-order valence-electron chi connectivity index (χ3n) is 4.69. The van der Waals surface area contributed by atoms with E-state index in [1.807, 2.05) is 30.3 Å². The molecule has 3 aromatic carbocycles. The van der Waals surface area contributed by atoms with E-state index in [2.05, 4.69) is 10.0 Å². The monoisotopic (exact) mass is 424 g/mol. The molecule has 0 atom stereocenters. The molecule has 0 unspecified atom stereocenters. The van der Waals surface area contributed by atoms with Crippen molar-refractivity contribution in [1.82, 2.24) is 5.32 Å². The van der Waals surface area contributed by atoms with Gasteiger partial charge in [0.25, 0.3) is 15.9 Å². The molecular weight excluding hydrogens is 404 g/mol. The predicted molar refractivity (Wildman–Crippen MR) is 116 cm³/mol. The minimum atomic E-state index is -3.94. The molecule has 7 nitrogen and oxygen atoms in total. The van der Waals surface area contributed by atoms with Crippen LogP contribution in [0.3, 0.4) is 0 Å². The second-order valence-electron chi connectivity index (χ2n) is 6.64. The number of hydrogen-bond donors (Lipinski definition) is 2. The highest BCUT2D eigenvalue weighted by molar-refractivity contribution is 7.92. The molecule has 0 bridgehead atoms. The maximum absolute atomic E-state index is 12.9. The lowest BCUT2D eigenvalue weighted by Gasteiger charge is -2.12. The minimum absolute atomic E-state index is 0.0470. The van der Waals surface area contributed by atoms with E-state index in [1.54, 1.807) is 19.1 Å². The molecule has 30 heavy (non-hydrogen) atoms. The lowest BCUT2D eigenvalue weighted by atomic mass is 10.1. The molecular formula is C22H20N2O5S. The lowest BCUT2D eigenvalue weighted by Crippen LogP contribution is -2.24. The van der Waals surface area contributed by atoms with Crippen LogP contribution >= 0.6 is 0 Å². The fourth-order valence-corrected chi connectivity index (χ4v) is 4.37. The highest BCUT2D eigenvalue weighted by Crippen LogP contribution is 2.31. The molecule has 0 spiro atoms. The Labute approximate surface area is 173 Å². The van der Waals surface area contributed by atoms with E-state index >= 15 is 0 Å². The van der Waals surface area contributed by atoms with E-state index in [-0.39, 0.29) is 10.5 Å². The highest BCUT2D eigenvalue weighted by atomic mass is 32.2. The van der Waals surface area contributed by atoms with Gasteiger partial charge in [-0.1, -0.05) is 18.2 Å². The largest absolute Gasteiger partial charge is 0.496 e. The predicted octanol–water partition coefficient (Wildman–Crippen LogP) is 4.15. The zero-order valence-corrected chi connectivity index (χ0v) is 17.2. The van der Waals surface area contributed by atoms with Crippen molar-refractivity contribution in [2.75, 3.05) is 18.4 Å². The molecule has 0 radical (unpaired) electrons. The first-order valence-corrected chi connectivity index (χ1v) is 10.8. The summed E-state index contributed by atoms with van der Waals surface area (Å²) in [5.41, 5.74) is 1.82. The minimum Gasteiger partial charge on any atom is -0.496 e. The quantitative estimate of drug-likeness (QED) is 0.485. The first-order valence-electron chi connectivity index (χ1n) is 9.33. The topological polar surface area (TPSA) is 97.6 Å². The van der Waals surface area contributed by atoms with Gasteiger partial charge in [-0.05, 0) is 43.3 Å². The van der Waals surface area contributed by atoms with Crippen molar-refractivity contribution in [2.24, 2.45) is 0 Å². The van der Waals surface area contributed by atoms with Crippen molar-refractivity contribution < 1.29 is 22.4 Å². The molecule has 4 aromatic rings. The number of amides is 1. The summed E-state index contributed by atoms with van der Waals surface area (Å²) in [7, 11) is -2.51. The van der Waals surface area contributed by atoms with E-state index in [4.69, 9.17) is 9.15 Å². The molecule has 1 aromatic heterocycles. The number of ether oxygens (including phenoxy) is 1. The number of para-hydroxylation sites is 1. The van der Waals surface area contributed by atoms with Crippen LogP contribution in [-0.2, 0) is 10.0 Å². The Kier molecular flexibility index (Phi) is 5.09. The molecule has 0 saturated heterocycles. The van der Waals surface area contributed by atoms with Crippen LogP contribution in [0.25, 0.3) is 21.9 Å². The number of hydrogen-bond acceptors (Lipinski definition) is 5. The van der Waals surface area contributed by atoms with E-state index in [1.165, 1.54) is 25.3 Å². The molecule has 0 fully saturated rings. The van der Waals surface area contributed by atoms with Gasteiger partial charge in [-0.15, -0.1) is 0 Å². The summed E-state index contributed by atoms with van der Waals surface area (Å²) in [5, 5.41) is 4.51. The number of sulfonamides is 1. The summed E-state index contributed by atoms with van der Waals surface area (Å²) in [6, 6.07) is 16.9. The fourth-order valence-electron chi connectivity index (χ4n) is 3.29. The molecule has 154 valence electrons. The third-order valence-corrected chi connectivity index (χ3v) is 6.07. The number of nitrogens with one attached hydrogen (secondary N) is 2. The average molecular weight is 424 g/mol. The number of carbonyl (C=O) groups excluding carboxylic acids is 1. The van der Waals surface area contributed by atoms with Gasteiger partial charge in [-0.25, -0.2) is 8.42 Å². The second kappa shape index (κ2) is 7.72. The Morgan fingerprint density at radius 1 is 1.00 bits per heavy atom. The van der Waals surface area contributed by atoms with Crippen LogP contribution in [0.2, 0.25) is 0 Å². The smallest absolute Gasteiger partial charge is 0.261 e. The normalized spacial score (nSPS) is 11.5. The number of furan rings is 1. The average Bonchev–Trinajstić information content (AvgIpc) is 3.10. The van der Waals surface area contributed by atoms with Crippen molar-refractivity contribution in [3.8, 4) is 5.75 Å². The van der Waals surface area contributed by atoms with Crippen LogP contribution < -0.4 is 14.8 Å². The lowest BCUT2D eigenvalue weighted by molar-refractivity contribution is 0.0952. The van der Waals surface area contributed by atoms with Gasteiger partial charge < -0.3 is 14.5 Å². The van der Waals surface area contributed by atoms with Crippen LogP contribution in [0, 0.1) is 0 Å². The molecule has 1 heterocycles. The summed E-state index contributed by atoms with van der Waals surface area (Å²) >= 11 is 0. The summed E-state index contributed by atoms with van der Waals surface area (Å²) in [5.74, 6) is -0.112. The number of methoxy groups -OCH3 is 1. The van der Waals surface area contributed by atoms with E-state index in [9.17, 15) is 13.2 Å². The molecule has 8 heteroatoms. The van der Waals surface area contributed by atoms with Gasteiger partial charge in [0, 0.05) is 23.4 Å². The summed E-state index contributed by atoms with van der Waals surface area (Å²) in [6.45, 7) is 2.19. The fraction of sp³-hybridized carbons (Fsp3) is 0.136. The van der Waals surface area contributed by atoms with E-state index in [0.29, 0.717) is 23.6 Å². The number of fused-ring (bicyclic) bond motifs is 3. The Balaban J connectivity index is 1.69. The van der Waals surface area contributed by atoms with E-state index < -0.39 is 15.9 Å². The van der Waals surface area contributed by atoms with Gasteiger partial charge in [0.15, 0.2) is 0 Å². The first-order chi connectivity index (χ1) is 14.4. The molecule has 0 aliphatic rings. The molecule has 0 aliphatic heterocycles. The summed E-state index contributed by atoms with van der Waals surface area (Å²) in [6.07, 6.45) is 0. The standard InChI is InChI=1S/C22H20N2O5S/c1-3-23-22(25)18-13-15(9-11-19(18)28-2)30(26,27)24-14-8-10-17-16-6-4-5-7-20(16)29-21(17)12-14/h4-13,24H,3H2,1-2H3,(H,23,25). The molecule has 4 rings (SSSR count). The van der Waals surface area contributed by atoms with E-state index in [0.717, 1.165) is 16.4 Å². The second-order valence-corrected chi connectivity index (χ2v) is 8.32. The maximum Gasteiger partial charge on any atom is 0.261 e. The highest BCUT2D eigenvalue weighted by Gasteiger charge is 2.20. The van der Waals surface area contributed by atoms with Gasteiger partial charge in [-0.2, -0.15) is 0 Å². The van der Waals surface area contributed by atoms with Crippen LogP contribution in [-0.4, -0.2) is 28.0 Å².